The standard InChI is InChI=1S/C20H20BrN3O3/c1-20(11-25,10-24-12-22-15-4-2-3-5-16(15)24)23-19(26)18-9-13-8-14(21)6-7-17(13)27-18/h2-8,12,18,25H,9-11H2,1H3,(H,23,26). The van der Waals surface area contributed by atoms with Crippen LogP contribution in [-0.2, 0) is 17.8 Å². The summed E-state index contributed by atoms with van der Waals surface area (Å²) in [5, 5.41) is 12.9. The van der Waals surface area contributed by atoms with Crippen LogP contribution in [0.15, 0.2) is 53.3 Å². The summed E-state index contributed by atoms with van der Waals surface area (Å²) in [5.74, 6) is 0.493. The Labute approximate surface area is 165 Å². The first-order valence-electron chi connectivity index (χ1n) is 8.75. The van der Waals surface area contributed by atoms with Gasteiger partial charge in [-0.2, -0.15) is 0 Å². The number of imidazole rings is 1. The van der Waals surface area contributed by atoms with E-state index in [9.17, 15) is 9.90 Å². The molecule has 0 saturated heterocycles. The molecule has 1 aliphatic heterocycles. The van der Waals surface area contributed by atoms with Crippen molar-refractivity contribution in [1.29, 1.82) is 0 Å². The summed E-state index contributed by atoms with van der Waals surface area (Å²) in [5.41, 5.74) is 2.00. The van der Waals surface area contributed by atoms with Crippen LogP contribution < -0.4 is 10.1 Å². The summed E-state index contributed by atoms with van der Waals surface area (Å²) in [6.45, 7) is 2.02. The highest BCUT2D eigenvalue weighted by Crippen LogP contribution is 2.31. The Kier molecular flexibility index (Phi) is 4.65. The maximum atomic E-state index is 12.8. The van der Waals surface area contributed by atoms with Crippen LogP contribution in [0.2, 0.25) is 0 Å². The predicted octanol–water partition coefficient (Wildman–Crippen LogP) is 2.67. The number of halogens is 1. The van der Waals surface area contributed by atoms with Gasteiger partial charge in [-0.25, -0.2) is 4.98 Å². The van der Waals surface area contributed by atoms with Crippen molar-refractivity contribution in [2.24, 2.45) is 0 Å². The maximum absolute atomic E-state index is 12.8. The van der Waals surface area contributed by atoms with E-state index >= 15 is 0 Å². The summed E-state index contributed by atoms with van der Waals surface area (Å²) >= 11 is 3.44. The van der Waals surface area contributed by atoms with Crippen LogP contribution >= 0.6 is 15.9 Å². The molecule has 2 aromatic carbocycles. The van der Waals surface area contributed by atoms with E-state index in [1.807, 2.05) is 54.0 Å². The average Bonchev–Trinajstić information content (AvgIpc) is 3.26. The van der Waals surface area contributed by atoms with Crippen molar-refractivity contribution in [3.8, 4) is 5.75 Å². The van der Waals surface area contributed by atoms with Gasteiger partial charge in [-0.3, -0.25) is 4.79 Å². The van der Waals surface area contributed by atoms with Gasteiger partial charge in [-0.15, -0.1) is 0 Å². The SMILES string of the molecule is CC(CO)(Cn1cnc2ccccc21)NC(=O)C1Cc2cc(Br)ccc2O1. The summed E-state index contributed by atoms with van der Waals surface area (Å²) in [6, 6.07) is 13.5. The highest BCUT2D eigenvalue weighted by Gasteiger charge is 2.34. The summed E-state index contributed by atoms with van der Waals surface area (Å²) in [6.07, 6.45) is 1.64. The Hall–Kier alpha value is -2.38. The molecule has 4 rings (SSSR count). The molecule has 3 aromatic rings. The van der Waals surface area contributed by atoms with Gasteiger partial charge in [0.1, 0.15) is 5.75 Å². The largest absolute Gasteiger partial charge is 0.480 e. The van der Waals surface area contributed by atoms with Crippen molar-refractivity contribution in [3.63, 3.8) is 0 Å². The molecule has 1 amide bonds. The van der Waals surface area contributed by atoms with Gasteiger partial charge in [0.15, 0.2) is 6.10 Å². The monoisotopic (exact) mass is 429 g/mol. The number of nitrogens with one attached hydrogen (secondary N) is 1. The molecule has 0 saturated carbocycles. The highest BCUT2D eigenvalue weighted by molar-refractivity contribution is 9.10. The third-order valence-corrected chi connectivity index (χ3v) is 5.30. The number of aromatic nitrogens is 2. The first-order chi connectivity index (χ1) is 13.0. The molecule has 0 spiro atoms. The molecule has 7 heteroatoms. The van der Waals surface area contributed by atoms with E-state index < -0.39 is 11.6 Å². The van der Waals surface area contributed by atoms with Gasteiger partial charge < -0.3 is 19.7 Å². The fourth-order valence-corrected chi connectivity index (χ4v) is 3.79. The van der Waals surface area contributed by atoms with E-state index in [0.717, 1.165) is 26.8 Å². The molecule has 0 aliphatic carbocycles. The Morgan fingerprint density at radius 2 is 2.22 bits per heavy atom. The first kappa shape index (κ1) is 18.0. The van der Waals surface area contributed by atoms with Gasteiger partial charge in [0.25, 0.3) is 5.91 Å². The third-order valence-electron chi connectivity index (χ3n) is 4.81. The molecule has 2 atom stereocenters. The van der Waals surface area contributed by atoms with E-state index in [-0.39, 0.29) is 12.5 Å². The minimum Gasteiger partial charge on any atom is -0.480 e. The summed E-state index contributed by atoms with van der Waals surface area (Å²) < 4.78 is 8.68. The molecule has 1 aromatic heterocycles. The zero-order valence-electron chi connectivity index (χ0n) is 14.9. The number of benzene rings is 2. The summed E-state index contributed by atoms with van der Waals surface area (Å²) in [4.78, 5) is 17.2. The van der Waals surface area contributed by atoms with Crippen LogP contribution in [0, 0.1) is 0 Å². The van der Waals surface area contributed by atoms with Gasteiger partial charge >= 0.3 is 0 Å². The highest BCUT2D eigenvalue weighted by atomic mass is 79.9. The van der Waals surface area contributed by atoms with Crippen LogP contribution in [0.4, 0.5) is 0 Å². The van der Waals surface area contributed by atoms with Crippen LogP contribution in [0.5, 0.6) is 5.75 Å². The quantitative estimate of drug-likeness (QED) is 0.653. The number of hydrogen-bond donors (Lipinski definition) is 2. The third kappa shape index (κ3) is 3.57. The lowest BCUT2D eigenvalue weighted by Gasteiger charge is -2.30. The number of fused-ring (bicyclic) bond motifs is 2. The molecule has 27 heavy (non-hydrogen) atoms. The van der Waals surface area contributed by atoms with Crippen LogP contribution in [0.25, 0.3) is 11.0 Å². The van der Waals surface area contributed by atoms with Crippen LogP contribution in [0.3, 0.4) is 0 Å². The molecule has 2 heterocycles. The molecule has 0 radical (unpaired) electrons. The van der Waals surface area contributed by atoms with E-state index in [1.54, 1.807) is 6.33 Å². The van der Waals surface area contributed by atoms with Crippen molar-refractivity contribution in [2.45, 2.75) is 31.5 Å². The van der Waals surface area contributed by atoms with Crippen LogP contribution in [-0.4, -0.2) is 38.8 Å². The molecular weight excluding hydrogens is 410 g/mol. The van der Waals surface area contributed by atoms with Crippen molar-refractivity contribution in [1.82, 2.24) is 14.9 Å². The number of rotatable bonds is 5. The van der Waals surface area contributed by atoms with E-state index in [4.69, 9.17) is 4.74 Å². The fraction of sp³-hybridized carbons (Fsp3) is 0.300. The van der Waals surface area contributed by atoms with E-state index in [2.05, 4.69) is 26.2 Å². The Morgan fingerprint density at radius 3 is 3.04 bits per heavy atom. The summed E-state index contributed by atoms with van der Waals surface area (Å²) in [7, 11) is 0. The predicted molar refractivity (Wildman–Crippen MR) is 106 cm³/mol. The number of aliphatic hydroxyl groups is 1. The molecule has 0 bridgehead atoms. The number of amides is 1. The lowest BCUT2D eigenvalue weighted by molar-refractivity contribution is -0.129. The lowest BCUT2D eigenvalue weighted by Crippen LogP contribution is -2.55. The molecule has 140 valence electrons. The second-order valence-electron chi connectivity index (χ2n) is 7.13. The zero-order chi connectivity index (χ0) is 19.0. The van der Waals surface area contributed by atoms with E-state index in [0.29, 0.717) is 13.0 Å². The van der Waals surface area contributed by atoms with Gasteiger partial charge in [-0.1, -0.05) is 28.1 Å². The number of carbonyl (C=O) groups is 1. The minimum absolute atomic E-state index is 0.198. The zero-order valence-corrected chi connectivity index (χ0v) is 16.4. The second-order valence-corrected chi connectivity index (χ2v) is 8.05. The number of aliphatic hydroxyl groups excluding tert-OH is 1. The Balaban J connectivity index is 1.49. The molecule has 1 aliphatic rings. The minimum atomic E-state index is -0.834. The molecule has 6 nitrogen and oxygen atoms in total. The van der Waals surface area contributed by atoms with Crippen molar-refractivity contribution in [3.05, 3.63) is 58.8 Å². The van der Waals surface area contributed by atoms with Crippen molar-refractivity contribution in [2.75, 3.05) is 6.61 Å². The number of nitrogens with zero attached hydrogens (tertiary/aromatic N) is 2. The van der Waals surface area contributed by atoms with Crippen LogP contribution in [0.1, 0.15) is 12.5 Å². The van der Waals surface area contributed by atoms with E-state index in [1.165, 1.54) is 0 Å². The van der Waals surface area contributed by atoms with Crippen molar-refractivity contribution >= 4 is 32.9 Å². The number of para-hydroxylation sites is 2. The number of hydrogen-bond acceptors (Lipinski definition) is 4. The molecule has 2 N–H and O–H groups in total. The number of carbonyl (C=O) groups excluding carboxylic acids is 1. The second kappa shape index (κ2) is 6.98. The Bertz CT molecular complexity index is 1000. The van der Waals surface area contributed by atoms with Gasteiger partial charge in [0, 0.05) is 17.4 Å². The molecular formula is C20H20BrN3O3. The lowest BCUT2D eigenvalue weighted by atomic mass is 10.0. The molecule has 0 fully saturated rings. The van der Waals surface area contributed by atoms with Gasteiger partial charge in [0.05, 0.1) is 29.5 Å². The van der Waals surface area contributed by atoms with Gasteiger partial charge in [0.2, 0.25) is 0 Å². The number of ether oxygens (including phenoxy) is 1. The normalized spacial score (nSPS) is 18.0. The smallest absolute Gasteiger partial charge is 0.261 e. The van der Waals surface area contributed by atoms with Gasteiger partial charge in [-0.05, 0) is 42.8 Å². The average molecular weight is 430 g/mol. The van der Waals surface area contributed by atoms with Crippen molar-refractivity contribution < 1.29 is 14.6 Å². The molecule has 2 unspecified atom stereocenters. The maximum Gasteiger partial charge on any atom is 0.261 e. The Morgan fingerprint density at radius 1 is 1.41 bits per heavy atom. The first-order valence-corrected chi connectivity index (χ1v) is 9.54. The fourth-order valence-electron chi connectivity index (χ4n) is 3.38. The topological polar surface area (TPSA) is 76.4 Å².